The summed E-state index contributed by atoms with van der Waals surface area (Å²) in [6.07, 6.45) is 1.64. The molecule has 104 valence electrons. The number of nitrogens with one attached hydrogen (secondary N) is 1. The van der Waals surface area contributed by atoms with Crippen molar-refractivity contribution in [3.05, 3.63) is 52.3 Å². The number of rotatable bonds is 3. The molecule has 0 unspecified atom stereocenters. The van der Waals surface area contributed by atoms with Gasteiger partial charge in [-0.3, -0.25) is 4.79 Å². The third kappa shape index (κ3) is 3.08. The summed E-state index contributed by atoms with van der Waals surface area (Å²) in [5, 5.41) is 3.02. The molecule has 0 atom stereocenters. The van der Waals surface area contributed by atoms with Gasteiger partial charge in [0.2, 0.25) is 0 Å². The number of halogens is 1. The van der Waals surface area contributed by atoms with Crippen LogP contribution in [-0.2, 0) is 0 Å². The van der Waals surface area contributed by atoms with Gasteiger partial charge in [0, 0.05) is 6.20 Å². The Morgan fingerprint density at radius 1 is 1.25 bits per heavy atom. The Kier molecular flexibility index (Phi) is 4.25. The zero-order chi connectivity index (χ0) is 14.7. The Labute approximate surface area is 122 Å². The molecule has 5 heteroatoms. The molecular formula is C15H15ClN2O2. The lowest BCUT2D eigenvalue weighted by Gasteiger charge is -2.11. The second-order valence-electron chi connectivity index (χ2n) is 4.51. The van der Waals surface area contributed by atoms with Gasteiger partial charge in [0.1, 0.15) is 5.75 Å². The van der Waals surface area contributed by atoms with E-state index in [0.717, 1.165) is 11.1 Å². The van der Waals surface area contributed by atoms with Crippen LogP contribution in [0.1, 0.15) is 21.5 Å². The highest BCUT2D eigenvalue weighted by atomic mass is 35.5. The van der Waals surface area contributed by atoms with Crippen molar-refractivity contribution in [1.82, 2.24) is 4.98 Å². The van der Waals surface area contributed by atoms with Gasteiger partial charge in [-0.15, -0.1) is 0 Å². The number of benzene rings is 1. The van der Waals surface area contributed by atoms with E-state index < -0.39 is 0 Å². The van der Waals surface area contributed by atoms with Gasteiger partial charge in [0.25, 0.3) is 5.91 Å². The van der Waals surface area contributed by atoms with Crippen molar-refractivity contribution >= 4 is 23.2 Å². The van der Waals surface area contributed by atoms with E-state index in [9.17, 15) is 4.79 Å². The summed E-state index contributed by atoms with van der Waals surface area (Å²) in [5.41, 5.74) is 2.84. The molecule has 20 heavy (non-hydrogen) atoms. The van der Waals surface area contributed by atoms with Crippen LogP contribution in [0.15, 0.2) is 30.5 Å². The lowest BCUT2D eigenvalue weighted by Crippen LogP contribution is -2.14. The van der Waals surface area contributed by atoms with Gasteiger partial charge in [-0.1, -0.05) is 23.2 Å². The summed E-state index contributed by atoms with van der Waals surface area (Å²) >= 11 is 5.98. The van der Waals surface area contributed by atoms with Crippen LogP contribution in [0.2, 0.25) is 5.15 Å². The average molecular weight is 291 g/mol. The molecule has 1 aromatic heterocycles. The molecule has 0 saturated carbocycles. The molecule has 0 fully saturated rings. The van der Waals surface area contributed by atoms with Crippen molar-refractivity contribution in [2.24, 2.45) is 0 Å². The maximum absolute atomic E-state index is 12.3. The van der Waals surface area contributed by atoms with E-state index in [0.29, 0.717) is 17.0 Å². The Bertz CT molecular complexity index is 656. The minimum absolute atomic E-state index is 0.260. The molecule has 0 saturated heterocycles. The lowest BCUT2D eigenvalue weighted by atomic mass is 10.1. The molecule has 4 nitrogen and oxygen atoms in total. The average Bonchev–Trinajstić information content (AvgIpc) is 2.42. The zero-order valence-electron chi connectivity index (χ0n) is 11.5. The molecule has 0 aliphatic carbocycles. The summed E-state index contributed by atoms with van der Waals surface area (Å²) in [6, 6.07) is 7.19. The van der Waals surface area contributed by atoms with E-state index in [4.69, 9.17) is 16.3 Å². The second kappa shape index (κ2) is 5.92. The number of ether oxygens (including phenoxy) is 1. The van der Waals surface area contributed by atoms with E-state index in [1.54, 1.807) is 24.4 Å². The molecule has 2 aromatic rings. The maximum atomic E-state index is 12.3. The van der Waals surface area contributed by atoms with Gasteiger partial charge in [0.15, 0.2) is 5.15 Å². The Hall–Kier alpha value is -2.07. The van der Waals surface area contributed by atoms with Crippen LogP contribution in [0.25, 0.3) is 0 Å². The summed E-state index contributed by atoms with van der Waals surface area (Å²) in [6.45, 7) is 3.80. The molecule has 0 aliphatic rings. The van der Waals surface area contributed by atoms with Crippen molar-refractivity contribution < 1.29 is 9.53 Å². The number of carbonyl (C=O) groups excluding carboxylic acids is 1. The molecule has 1 N–H and O–H groups in total. The quantitative estimate of drug-likeness (QED) is 0.879. The fourth-order valence-electron chi connectivity index (χ4n) is 1.83. The molecule has 1 amide bonds. The molecule has 1 heterocycles. The van der Waals surface area contributed by atoms with Crippen LogP contribution in [0.5, 0.6) is 5.75 Å². The third-order valence-electron chi connectivity index (χ3n) is 2.82. The SMILES string of the molecule is COc1ccc(C)cc1C(=O)Nc1cc(C)cnc1Cl. The summed E-state index contributed by atoms with van der Waals surface area (Å²) in [7, 11) is 1.53. The summed E-state index contributed by atoms with van der Waals surface area (Å²) in [4.78, 5) is 16.3. The normalized spacial score (nSPS) is 10.2. The molecule has 2 rings (SSSR count). The highest BCUT2D eigenvalue weighted by molar-refractivity contribution is 6.32. The number of aryl methyl sites for hydroxylation is 2. The third-order valence-corrected chi connectivity index (χ3v) is 3.12. The zero-order valence-corrected chi connectivity index (χ0v) is 12.3. The smallest absolute Gasteiger partial charge is 0.259 e. The summed E-state index contributed by atoms with van der Waals surface area (Å²) < 4.78 is 5.20. The van der Waals surface area contributed by atoms with Crippen molar-refractivity contribution in [2.75, 3.05) is 12.4 Å². The largest absolute Gasteiger partial charge is 0.496 e. The molecule has 0 aliphatic heterocycles. The van der Waals surface area contributed by atoms with E-state index in [1.807, 2.05) is 19.9 Å². The number of nitrogens with zero attached hydrogens (tertiary/aromatic N) is 1. The molecule has 0 spiro atoms. The minimum Gasteiger partial charge on any atom is -0.496 e. The first-order valence-corrected chi connectivity index (χ1v) is 6.47. The second-order valence-corrected chi connectivity index (χ2v) is 4.87. The van der Waals surface area contributed by atoms with Crippen molar-refractivity contribution in [3.63, 3.8) is 0 Å². The standard InChI is InChI=1S/C15H15ClN2O2/c1-9-4-5-13(20-3)11(6-9)15(19)18-12-7-10(2)8-17-14(12)16/h4-8H,1-3H3,(H,18,19). The Morgan fingerprint density at radius 3 is 2.70 bits per heavy atom. The summed E-state index contributed by atoms with van der Waals surface area (Å²) in [5.74, 6) is 0.240. The minimum atomic E-state index is -0.278. The molecular weight excluding hydrogens is 276 g/mol. The predicted octanol–water partition coefficient (Wildman–Crippen LogP) is 3.61. The number of pyridine rings is 1. The highest BCUT2D eigenvalue weighted by Gasteiger charge is 2.14. The van der Waals surface area contributed by atoms with Gasteiger partial charge in [-0.2, -0.15) is 0 Å². The fourth-order valence-corrected chi connectivity index (χ4v) is 1.98. The first-order valence-electron chi connectivity index (χ1n) is 6.09. The lowest BCUT2D eigenvalue weighted by molar-refractivity contribution is 0.102. The number of hydrogen-bond donors (Lipinski definition) is 1. The molecule has 0 radical (unpaired) electrons. The van der Waals surface area contributed by atoms with Crippen LogP contribution < -0.4 is 10.1 Å². The van der Waals surface area contributed by atoms with Crippen LogP contribution in [0.4, 0.5) is 5.69 Å². The van der Waals surface area contributed by atoms with Crippen LogP contribution >= 0.6 is 11.6 Å². The van der Waals surface area contributed by atoms with Gasteiger partial charge < -0.3 is 10.1 Å². The van der Waals surface area contributed by atoms with Crippen molar-refractivity contribution in [3.8, 4) is 5.75 Å². The van der Waals surface area contributed by atoms with Crippen molar-refractivity contribution in [1.29, 1.82) is 0 Å². The van der Waals surface area contributed by atoms with Gasteiger partial charge in [-0.05, 0) is 37.6 Å². The fraction of sp³-hybridized carbons (Fsp3) is 0.200. The number of aromatic nitrogens is 1. The number of methoxy groups -OCH3 is 1. The van der Waals surface area contributed by atoms with E-state index in [1.165, 1.54) is 7.11 Å². The number of anilines is 1. The van der Waals surface area contributed by atoms with Gasteiger partial charge >= 0.3 is 0 Å². The Morgan fingerprint density at radius 2 is 2.00 bits per heavy atom. The van der Waals surface area contributed by atoms with Crippen molar-refractivity contribution in [2.45, 2.75) is 13.8 Å². The van der Waals surface area contributed by atoms with E-state index in [-0.39, 0.29) is 11.1 Å². The molecule has 0 bridgehead atoms. The topological polar surface area (TPSA) is 51.2 Å². The highest BCUT2D eigenvalue weighted by Crippen LogP contribution is 2.24. The van der Waals surface area contributed by atoms with Crippen LogP contribution in [0.3, 0.4) is 0 Å². The molecule has 1 aromatic carbocycles. The maximum Gasteiger partial charge on any atom is 0.259 e. The number of amides is 1. The van der Waals surface area contributed by atoms with Gasteiger partial charge in [-0.25, -0.2) is 4.98 Å². The first-order chi connectivity index (χ1) is 9.51. The van der Waals surface area contributed by atoms with Gasteiger partial charge in [0.05, 0.1) is 18.4 Å². The Balaban J connectivity index is 2.32. The number of hydrogen-bond acceptors (Lipinski definition) is 3. The first kappa shape index (κ1) is 14.3. The van der Waals surface area contributed by atoms with E-state index >= 15 is 0 Å². The monoisotopic (exact) mass is 290 g/mol. The van der Waals surface area contributed by atoms with Crippen LogP contribution in [0, 0.1) is 13.8 Å². The van der Waals surface area contributed by atoms with Crippen LogP contribution in [-0.4, -0.2) is 18.0 Å². The predicted molar refractivity (Wildman–Crippen MR) is 79.7 cm³/mol. The van der Waals surface area contributed by atoms with E-state index in [2.05, 4.69) is 10.3 Å². The number of carbonyl (C=O) groups is 1.